The summed E-state index contributed by atoms with van der Waals surface area (Å²) in [5.41, 5.74) is 15.2. The van der Waals surface area contributed by atoms with Gasteiger partial charge in [-0.1, -0.05) is 140 Å². The summed E-state index contributed by atoms with van der Waals surface area (Å²) in [5, 5.41) is 6.17. The minimum absolute atomic E-state index is 0.211. The van der Waals surface area contributed by atoms with Gasteiger partial charge in [-0.15, -0.1) is 0 Å². The van der Waals surface area contributed by atoms with Crippen molar-refractivity contribution < 1.29 is 0 Å². The van der Waals surface area contributed by atoms with Crippen LogP contribution in [0.4, 0.5) is 0 Å². The van der Waals surface area contributed by atoms with E-state index >= 15 is 0 Å². The van der Waals surface area contributed by atoms with Gasteiger partial charge in [-0.25, -0.2) is 9.97 Å². The molecule has 2 aliphatic carbocycles. The van der Waals surface area contributed by atoms with Gasteiger partial charge in [0.15, 0.2) is 5.65 Å². The minimum Gasteiger partial charge on any atom is -0.290 e. The van der Waals surface area contributed by atoms with Crippen LogP contribution in [-0.2, 0) is 0 Å². The van der Waals surface area contributed by atoms with Crippen molar-refractivity contribution in [3.05, 3.63) is 210 Å². The second-order valence-corrected chi connectivity index (χ2v) is 15.2. The fraction of sp³-hybridized carbons (Fsp3) is 0.0784. The van der Waals surface area contributed by atoms with Crippen molar-refractivity contribution in [2.24, 2.45) is 5.92 Å². The molecule has 10 aromatic rings. The zero-order valence-corrected chi connectivity index (χ0v) is 30.0. The van der Waals surface area contributed by atoms with E-state index in [-0.39, 0.29) is 17.8 Å². The van der Waals surface area contributed by atoms with Crippen LogP contribution in [0.5, 0.6) is 0 Å². The van der Waals surface area contributed by atoms with E-state index in [9.17, 15) is 0 Å². The Bertz CT molecular complexity index is 3280. The zero-order valence-electron chi connectivity index (χ0n) is 30.0. The third-order valence-corrected chi connectivity index (χ3v) is 12.3. The monoisotopic (exact) mass is 702 g/mol. The van der Waals surface area contributed by atoms with E-state index in [0.717, 1.165) is 45.0 Å². The number of benzene rings is 7. The highest BCUT2D eigenvalue weighted by atomic mass is 15.0. The van der Waals surface area contributed by atoms with Crippen LogP contribution in [0.2, 0.25) is 0 Å². The minimum atomic E-state index is 0.211. The first-order valence-electron chi connectivity index (χ1n) is 19.2. The van der Waals surface area contributed by atoms with Crippen LogP contribution in [-0.4, -0.2) is 19.4 Å². The van der Waals surface area contributed by atoms with Crippen LogP contribution in [0.15, 0.2) is 182 Å². The molecule has 2 aliphatic rings. The molecule has 258 valence electrons. The summed E-state index contributed by atoms with van der Waals surface area (Å²) in [6.45, 7) is 0. The highest BCUT2D eigenvalue weighted by Crippen LogP contribution is 2.54. The van der Waals surface area contributed by atoms with Gasteiger partial charge in [0, 0.05) is 29.6 Å². The maximum absolute atomic E-state index is 5.26. The van der Waals surface area contributed by atoms with Gasteiger partial charge in [-0.3, -0.25) is 9.38 Å². The van der Waals surface area contributed by atoms with Crippen molar-refractivity contribution in [3.63, 3.8) is 0 Å². The molecule has 0 fully saturated rings. The lowest BCUT2D eigenvalue weighted by molar-refractivity contribution is 0.467. The van der Waals surface area contributed by atoms with Crippen molar-refractivity contribution >= 4 is 65.7 Å². The molecule has 0 aliphatic heterocycles. The Kier molecular flexibility index (Phi) is 6.55. The first-order chi connectivity index (χ1) is 27.3. The molecule has 4 nitrogen and oxygen atoms in total. The van der Waals surface area contributed by atoms with E-state index in [1.54, 1.807) is 12.4 Å². The predicted molar refractivity (Wildman–Crippen MR) is 225 cm³/mol. The molecule has 0 bridgehead atoms. The number of rotatable bonds is 3. The molecule has 0 radical (unpaired) electrons. The molecule has 12 rings (SSSR count). The Morgan fingerprint density at radius 2 is 1.27 bits per heavy atom. The largest absolute Gasteiger partial charge is 0.290 e. The highest BCUT2D eigenvalue weighted by Gasteiger charge is 2.39. The van der Waals surface area contributed by atoms with Crippen LogP contribution in [0.1, 0.15) is 46.1 Å². The summed E-state index contributed by atoms with van der Waals surface area (Å²) < 4.78 is 2.26. The van der Waals surface area contributed by atoms with Crippen molar-refractivity contribution in [3.8, 4) is 0 Å². The molecule has 0 saturated carbocycles. The first kappa shape index (κ1) is 30.5. The van der Waals surface area contributed by atoms with Crippen molar-refractivity contribution in [1.29, 1.82) is 0 Å². The number of pyridine rings is 1. The quantitative estimate of drug-likeness (QED) is 0.172. The van der Waals surface area contributed by atoms with Gasteiger partial charge in [0.2, 0.25) is 0 Å². The van der Waals surface area contributed by atoms with Gasteiger partial charge in [-0.2, -0.15) is 0 Å². The molecular weight excluding hydrogens is 669 g/mol. The Balaban J connectivity index is 1.05. The summed E-state index contributed by atoms with van der Waals surface area (Å²) in [6.07, 6.45) is 9.43. The van der Waals surface area contributed by atoms with E-state index in [0.29, 0.717) is 0 Å². The van der Waals surface area contributed by atoms with Crippen LogP contribution >= 0.6 is 0 Å². The summed E-state index contributed by atoms with van der Waals surface area (Å²) in [6, 6.07) is 56.0. The number of imidazole rings is 1. The number of allylic oxidation sites excluding steroid dienone is 3. The maximum atomic E-state index is 5.26. The lowest BCUT2D eigenvalue weighted by Crippen LogP contribution is -2.27. The molecule has 0 saturated heterocycles. The Hall–Kier alpha value is -6.91. The van der Waals surface area contributed by atoms with Gasteiger partial charge in [0.25, 0.3) is 0 Å². The Labute approximate surface area is 317 Å². The van der Waals surface area contributed by atoms with E-state index in [4.69, 9.17) is 15.0 Å². The van der Waals surface area contributed by atoms with Crippen LogP contribution < -0.4 is 0 Å². The van der Waals surface area contributed by atoms with E-state index in [1.807, 2.05) is 0 Å². The van der Waals surface area contributed by atoms with E-state index < -0.39 is 0 Å². The summed E-state index contributed by atoms with van der Waals surface area (Å²) in [7, 11) is 0. The average Bonchev–Trinajstić information content (AvgIpc) is 3.64. The molecule has 7 aromatic carbocycles. The molecule has 3 unspecified atom stereocenters. The predicted octanol–water partition coefficient (Wildman–Crippen LogP) is 12.2. The second kappa shape index (κ2) is 11.8. The average molecular weight is 703 g/mol. The van der Waals surface area contributed by atoms with Gasteiger partial charge in [-0.05, 0) is 97.1 Å². The lowest BCUT2D eigenvalue weighted by Gasteiger charge is -2.41. The second-order valence-electron chi connectivity index (χ2n) is 15.2. The number of hydrogen-bond donors (Lipinski definition) is 0. The number of fused-ring (bicyclic) bond motifs is 12. The molecule has 0 spiro atoms. The number of aromatic nitrogens is 4. The van der Waals surface area contributed by atoms with Gasteiger partial charge >= 0.3 is 0 Å². The third-order valence-electron chi connectivity index (χ3n) is 12.3. The molecular formula is C51H34N4. The Morgan fingerprint density at radius 3 is 2.15 bits per heavy atom. The van der Waals surface area contributed by atoms with Gasteiger partial charge in [0.05, 0.1) is 16.6 Å². The fourth-order valence-corrected chi connectivity index (χ4v) is 9.80. The summed E-state index contributed by atoms with van der Waals surface area (Å²) in [4.78, 5) is 14.8. The summed E-state index contributed by atoms with van der Waals surface area (Å²) >= 11 is 0. The molecule has 0 amide bonds. The Morgan fingerprint density at radius 1 is 0.564 bits per heavy atom. The van der Waals surface area contributed by atoms with E-state index in [2.05, 4.69) is 168 Å². The zero-order chi connectivity index (χ0) is 36.0. The van der Waals surface area contributed by atoms with Crippen LogP contribution in [0, 0.1) is 5.92 Å². The van der Waals surface area contributed by atoms with E-state index in [1.165, 1.54) is 60.5 Å². The summed E-state index contributed by atoms with van der Waals surface area (Å²) in [5.74, 6) is 0.706. The van der Waals surface area contributed by atoms with Crippen LogP contribution in [0.25, 0.3) is 65.7 Å². The molecule has 3 heterocycles. The number of hydrogen-bond acceptors (Lipinski definition) is 3. The van der Waals surface area contributed by atoms with Crippen LogP contribution in [0.3, 0.4) is 0 Å². The third kappa shape index (κ3) is 4.61. The van der Waals surface area contributed by atoms with Gasteiger partial charge < -0.3 is 0 Å². The van der Waals surface area contributed by atoms with Gasteiger partial charge in [0.1, 0.15) is 11.0 Å². The highest BCUT2D eigenvalue weighted by molar-refractivity contribution is 6.10. The fourth-order valence-electron chi connectivity index (χ4n) is 9.80. The SMILES string of the molecule is C1=CC(c2ccc3c(c2)nc2c4nccnc4c4ccccc4n32)CC2C1=C(c1ccc3ccccc3c1)c1ccccc1C2c1ccc2ccccc2c1. The molecule has 0 N–H and O–H groups in total. The lowest BCUT2D eigenvalue weighted by atomic mass is 9.62. The molecule has 3 atom stereocenters. The molecule has 55 heavy (non-hydrogen) atoms. The molecule has 3 aromatic heterocycles. The topological polar surface area (TPSA) is 43.1 Å². The van der Waals surface area contributed by atoms with Crippen molar-refractivity contribution in [1.82, 2.24) is 19.4 Å². The number of nitrogens with zero attached hydrogens (tertiary/aromatic N) is 4. The smallest absolute Gasteiger partial charge is 0.166 e. The van der Waals surface area contributed by atoms with Crippen molar-refractivity contribution in [2.45, 2.75) is 18.3 Å². The normalized spacial score (nSPS) is 18.1. The number of para-hydroxylation sites is 1. The first-order valence-corrected chi connectivity index (χ1v) is 19.2. The standard InChI is InChI=1S/C51H34N4/c1-3-11-33-27-37(19-17-31(33)9-1)47-39-13-5-6-14-40(39)48(38-20-18-32-10-2-4-12-34(32)28-38)43-29-35(21-23-41(43)47)36-22-24-46-44(30-36)54-51-50-49(52-25-26-53-50)42-15-7-8-16-45(42)55(46)51/h1-28,30,35,43,48H,29H2. The maximum Gasteiger partial charge on any atom is 0.166 e. The van der Waals surface area contributed by atoms with Crippen molar-refractivity contribution in [2.75, 3.05) is 0 Å². The molecule has 4 heteroatoms.